The van der Waals surface area contributed by atoms with Crippen LogP contribution in [0.1, 0.15) is 33.6 Å². The number of alkyl carbamates (subject to hydrolysis) is 1. The number of ether oxygens (including phenoxy) is 4. The monoisotopic (exact) mass is 389 g/mol. The third kappa shape index (κ3) is 5.45. The molecule has 1 aromatic heterocycles. The lowest BCUT2D eigenvalue weighted by Gasteiger charge is -2.30. The largest absolute Gasteiger partial charge is 0.497 e. The summed E-state index contributed by atoms with van der Waals surface area (Å²) < 4.78 is 22.3. The molecule has 152 valence electrons. The van der Waals surface area contributed by atoms with Crippen LogP contribution in [0.3, 0.4) is 0 Å². The molecule has 1 amide bonds. The minimum Gasteiger partial charge on any atom is -0.497 e. The molecule has 1 aliphatic heterocycles. The van der Waals surface area contributed by atoms with Gasteiger partial charge in [0.1, 0.15) is 24.3 Å². The molecule has 28 heavy (non-hydrogen) atoms. The van der Waals surface area contributed by atoms with Crippen LogP contribution in [0.4, 0.5) is 4.79 Å². The molecule has 1 aliphatic rings. The number of aromatic nitrogens is 2. The Balaban J connectivity index is 1.51. The Morgan fingerprint density at radius 2 is 2.11 bits per heavy atom. The van der Waals surface area contributed by atoms with E-state index >= 15 is 0 Å². The number of nitrogens with zero attached hydrogens (tertiary/aromatic N) is 2. The van der Waals surface area contributed by atoms with Crippen molar-refractivity contribution < 1.29 is 23.7 Å². The van der Waals surface area contributed by atoms with Crippen LogP contribution in [0.2, 0.25) is 0 Å². The van der Waals surface area contributed by atoms with Gasteiger partial charge in [-0.25, -0.2) is 14.8 Å². The smallest absolute Gasteiger partial charge is 0.407 e. The van der Waals surface area contributed by atoms with Crippen molar-refractivity contribution in [2.75, 3.05) is 20.3 Å². The summed E-state index contributed by atoms with van der Waals surface area (Å²) in [5, 5.41) is 3.64. The highest BCUT2D eigenvalue weighted by Crippen LogP contribution is 2.26. The predicted octanol–water partition coefficient (Wildman–Crippen LogP) is 3.09. The van der Waals surface area contributed by atoms with Gasteiger partial charge in [0.05, 0.1) is 36.8 Å². The minimum atomic E-state index is -0.515. The highest BCUT2D eigenvalue weighted by atomic mass is 16.6. The van der Waals surface area contributed by atoms with Crippen molar-refractivity contribution in [2.45, 2.75) is 51.4 Å². The van der Waals surface area contributed by atoms with Crippen molar-refractivity contribution in [3.8, 4) is 11.6 Å². The molecule has 2 atom stereocenters. The van der Waals surface area contributed by atoms with Gasteiger partial charge in [-0.2, -0.15) is 0 Å². The molecule has 1 saturated heterocycles. The Morgan fingerprint density at radius 3 is 2.79 bits per heavy atom. The number of hydrogen-bond donors (Lipinski definition) is 1. The molecule has 2 heterocycles. The van der Waals surface area contributed by atoms with Crippen LogP contribution in [-0.4, -0.2) is 54.1 Å². The zero-order valence-corrected chi connectivity index (χ0v) is 16.7. The molecule has 0 unspecified atom stereocenters. The van der Waals surface area contributed by atoms with Crippen molar-refractivity contribution >= 4 is 17.0 Å². The van der Waals surface area contributed by atoms with Crippen LogP contribution < -0.4 is 14.8 Å². The molecule has 1 aromatic carbocycles. The van der Waals surface area contributed by atoms with E-state index in [0.29, 0.717) is 19.1 Å². The molecule has 8 heteroatoms. The van der Waals surface area contributed by atoms with Gasteiger partial charge in [-0.1, -0.05) is 0 Å². The van der Waals surface area contributed by atoms with E-state index in [0.717, 1.165) is 29.5 Å². The first-order chi connectivity index (χ1) is 13.3. The van der Waals surface area contributed by atoms with Crippen molar-refractivity contribution in [3.63, 3.8) is 0 Å². The van der Waals surface area contributed by atoms with E-state index in [2.05, 4.69) is 15.3 Å². The van der Waals surface area contributed by atoms with Crippen molar-refractivity contribution in [1.82, 2.24) is 15.3 Å². The van der Waals surface area contributed by atoms with Gasteiger partial charge < -0.3 is 24.3 Å². The fourth-order valence-corrected chi connectivity index (χ4v) is 2.95. The van der Waals surface area contributed by atoms with Crippen LogP contribution >= 0.6 is 0 Å². The Morgan fingerprint density at radius 1 is 1.29 bits per heavy atom. The molecule has 8 nitrogen and oxygen atoms in total. The second-order valence-electron chi connectivity index (χ2n) is 7.75. The molecule has 0 spiro atoms. The normalized spacial score (nSPS) is 19.9. The van der Waals surface area contributed by atoms with Gasteiger partial charge in [0.2, 0.25) is 5.88 Å². The minimum absolute atomic E-state index is 0.0600. The molecular formula is C20H27N3O5. The van der Waals surface area contributed by atoms with Crippen LogP contribution in [0.5, 0.6) is 11.6 Å². The summed E-state index contributed by atoms with van der Waals surface area (Å²) in [6.07, 6.45) is 2.56. The first-order valence-electron chi connectivity index (χ1n) is 9.37. The lowest BCUT2D eigenvalue weighted by atomic mass is 10.1. The highest BCUT2D eigenvalue weighted by molar-refractivity contribution is 5.84. The van der Waals surface area contributed by atoms with Gasteiger partial charge in [-0.3, -0.25) is 0 Å². The van der Waals surface area contributed by atoms with Crippen LogP contribution in [0.25, 0.3) is 10.9 Å². The maximum atomic E-state index is 11.9. The van der Waals surface area contributed by atoms with Crippen LogP contribution in [0, 0.1) is 0 Å². The topological polar surface area (TPSA) is 91.8 Å². The third-order valence-corrected chi connectivity index (χ3v) is 4.30. The summed E-state index contributed by atoms with van der Waals surface area (Å²) in [4.78, 5) is 20.3. The zero-order chi connectivity index (χ0) is 20.1. The average molecular weight is 389 g/mol. The number of nitrogens with one attached hydrogen (secondary N) is 1. The van der Waals surface area contributed by atoms with E-state index in [1.54, 1.807) is 7.11 Å². The number of carbonyl (C=O) groups excluding carboxylic acids is 1. The van der Waals surface area contributed by atoms with Crippen LogP contribution in [0.15, 0.2) is 24.5 Å². The highest BCUT2D eigenvalue weighted by Gasteiger charge is 2.25. The molecule has 0 saturated carbocycles. The second-order valence-corrected chi connectivity index (χ2v) is 7.75. The van der Waals surface area contributed by atoms with E-state index in [-0.39, 0.29) is 12.1 Å². The Labute approximate surface area is 164 Å². The molecule has 0 radical (unpaired) electrons. The zero-order valence-electron chi connectivity index (χ0n) is 16.7. The summed E-state index contributed by atoms with van der Waals surface area (Å²) in [6, 6.07) is 5.51. The predicted molar refractivity (Wildman–Crippen MR) is 104 cm³/mol. The first kappa shape index (κ1) is 20.1. The average Bonchev–Trinajstić information content (AvgIpc) is 2.65. The first-order valence-corrected chi connectivity index (χ1v) is 9.37. The standard InChI is InChI=1S/C20H27N3O5/c1-20(2,3)28-19(24)23-13-5-6-15(26-10-13)11-27-18-16-9-14(25-4)7-8-17(16)21-12-22-18/h7-9,12-13,15H,5-6,10-11H2,1-4H3,(H,23,24)/t13-,15+/m0/s1. The van der Waals surface area contributed by atoms with E-state index in [4.69, 9.17) is 18.9 Å². The van der Waals surface area contributed by atoms with Crippen molar-refractivity contribution in [2.24, 2.45) is 0 Å². The molecule has 0 bridgehead atoms. The molecular weight excluding hydrogens is 362 g/mol. The van der Waals surface area contributed by atoms with E-state index in [1.165, 1.54) is 6.33 Å². The SMILES string of the molecule is COc1ccc2ncnc(OC[C@H]3CC[C@H](NC(=O)OC(C)(C)C)CO3)c2c1. The van der Waals surface area contributed by atoms with Gasteiger partial charge in [0, 0.05) is 0 Å². The number of rotatable bonds is 5. The number of fused-ring (bicyclic) bond motifs is 1. The summed E-state index contributed by atoms with van der Waals surface area (Å²) in [6.45, 7) is 6.31. The molecule has 1 fully saturated rings. The Hall–Kier alpha value is -2.61. The fraction of sp³-hybridized carbons (Fsp3) is 0.550. The lowest BCUT2D eigenvalue weighted by Crippen LogP contribution is -2.45. The van der Waals surface area contributed by atoms with E-state index in [9.17, 15) is 4.79 Å². The summed E-state index contributed by atoms with van der Waals surface area (Å²) >= 11 is 0. The number of benzene rings is 1. The van der Waals surface area contributed by atoms with Gasteiger partial charge in [-0.05, 0) is 51.8 Å². The molecule has 0 aliphatic carbocycles. The van der Waals surface area contributed by atoms with Gasteiger partial charge in [-0.15, -0.1) is 0 Å². The fourth-order valence-electron chi connectivity index (χ4n) is 2.95. The number of carbonyl (C=O) groups is 1. The van der Waals surface area contributed by atoms with Crippen molar-refractivity contribution in [3.05, 3.63) is 24.5 Å². The quantitative estimate of drug-likeness (QED) is 0.840. The van der Waals surface area contributed by atoms with Gasteiger partial charge in [0.15, 0.2) is 0 Å². The second kappa shape index (κ2) is 8.60. The third-order valence-electron chi connectivity index (χ3n) is 4.30. The Bertz CT molecular complexity index is 813. The number of methoxy groups -OCH3 is 1. The van der Waals surface area contributed by atoms with Gasteiger partial charge in [0.25, 0.3) is 0 Å². The number of amides is 1. The lowest BCUT2D eigenvalue weighted by molar-refractivity contribution is -0.0290. The van der Waals surface area contributed by atoms with Crippen LogP contribution in [-0.2, 0) is 9.47 Å². The maximum absolute atomic E-state index is 11.9. The Kier molecular flexibility index (Phi) is 6.18. The molecule has 3 rings (SSSR count). The maximum Gasteiger partial charge on any atom is 0.407 e. The number of hydrogen-bond acceptors (Lipinski definition) is 7. The summed E-state index contributed by atoms with van der Waals surface area (Å²) in [5.74, 6) is 1.22. The molecule has 2 aromatic rings. The molecule has 1 N–H and O–H groups in total. The summed E-state index contributed by atoms with van der Waals surface area (Å²) in [5.41, 5.74) is 0.274. The summed E-state index contributed by atoms with van der Waals surface area (Å²) in [7, 11) is 1.61. The van der Waals surface area contributed by atoms with Gasteiger partial charge >= 0.3 is 6.09 Å². The van der Waals surface area contributed by atoms with Crippen molar-refractivity contribution in [1.29, 1.82) is 0 Å². The van der Waals surface area contributed by atoms with E-state index in [1.807, 2.05) is 39.0 Å². The van der Waals surface area contributed by atoms with E-state index < -0.39 is 11.7 Å².